The van der Waals surface area contributed by atoms with E-state index >= 15 is 0 Å². The van der Waals surface area contributed by atoms with Gasteiger partial charge >= 0.3 is 0 Å². The third-order valence-electron chi connectivity index (χ3n) is 3.93. The Labute approximate surface area is 144 Å². The lowest BCUT2D eigenvalue weighted by Crippen LogP contribution is -2.36. The molecule has 1 amide bonds. The van der Waals surface area contributed by atoms with E-state index in [9.17, 15) is 25.0 Å². The topological polar surface area (TPSA) is 107 Å². The molecule has 0 aliphatic carbocycles. The van der Waals surface area contributed by atoms with E-state index in [1.807, 2.05) is 37.3 Å². The van der Waals surface area contributed by atoms with Crippen LogP contribution in [0.3, 0.4) is 0 Å². The van der Waals surface area contributed by atoms with Gasteiger partial charge in [0, 0.05) is 25.2 Å². The van der Waals surface area contributed by atoms with Crippen molar-refractivity contribution in [1.29, 1.82) is 0 Å². The SMILES string of the molecule is CC(Cc1ccccc1)N(C)C(=O)c1cc([N+](=O)[O-])cc([N+](=O)[O-])c1. The Morgan fingerprint density at radius 2 is 1.56 bits per heavy atom. The summed E-state index contributed by atoms with van der Waals surface area (Å²) in [5.41, 5.74) is -0.00805. The maximum atomic E-state index is 12.6. The third-order valence-corrected chi connectivity index (χ3v) is 3.93. The van der Waals surface area contributed by atoms with Gasteiger partial charge in [-0.2, -0.15) is 0 Å². The van der Waals surface area contributed by atoms with Gasteiger partial charge in [0.25, 0.3) is 17.3 Å². The quantitative estimate of drug-likeness (QED) is 0.591. The largest absolute Gasteiger partial charge is 0.339 e. The Morgan fingerprint density at radius 3 is 2.04 bits per heavy atom. The predicted molar refractivity (Wildman–Crippen MR) is 91.5 cm³/mol. The first-order valence-electron chi connectivity index (χ1n) is 7.54. The van der Waals surface area contributed by atoms with Crippen molar-refractivity contribution in [2.75, 3.05) is 7.05 Å². The van der Waals surface area contributed by atoms with Gasteiger partial charge in [-0.3, -0.25) is 25.0 Å². The summed E-state index contributed by atoms with van der Waals surface area (Å²) in [5.74, 6) is -0.504. The van der Waals surface area contributed by atoms with Crippen molar-refractivity contribution in [3.8, 4) is 0 Å². The maximum Gasteiger partial charge on any atom is 0.277 e. The third kappa shape index (κ3) is 4.37. The van der Waals surface area contributed by atoms with Gasteiger partial charge in [0.05, 0.1) is 21.5 Å². The predicted octanol–water partition coefficient (Wildman–Crippen LogP) is 3.21. The van der Waals surface area contributed by atoms with E-state index < -0.39 is 27.1 Å². The number of likely N-dealkylation sites (N-methyl/N-ethyl adjacent to an activating group) is 1. The van der Waals surface area contributed by atoms with Crippen molar-refractivity contribution >= 4 is 17.3 Å². The van der Waals surface area contributed by atoms with Gasteiger partial charge in [-0.25, -0.2) is 0 Å². The van der Waals surface area contributed by atoms with Crippen LogP contribution < -0.4 is 0 Å². The minimum atomic E-state index is -0.753. The van der Waals surface area contributed by atoms with Crippen LogP contribution in [0.1, 0.15) is 22.8 Å². The number of non-ortho nitro benzene ring substituents is 2. The van der Waals surface area contributed by atoms with Gasteiger partial charge in [0.1, 0.15) is 0 Å². The molecule has 0 bridgehead atoms. The molecule has 0 radical (unpaired) electrons. The molecular weight excluding hydrogens is 326 g/mol. The lowest BCUT2D eigenvalue weighted by molar-refractivity contribution is -0.394. The van der Waals surface area contributed by atoms with Crippen LogP contribution in [0.2, 0.25) is 0 Å². The number of rotatable bonds is 6. The number of nitro benzene ring substituents is 2. The zero-order valence-corrected chi connectivity index (χ0v) is 13.8. The number of carbonyl (C=O) groups is 1. The first-order chi connectivity index (χ1) is 11.8. The summed E-state index contributed by atoms with van der Waals surface area (Å²) in [6.45, 7) is 1.84. The highest BCUT2D eigenvalue weighted by Crippen LogP contribution is 2.24. The van der Waals surface area contributed by atoms with E-state index in [2.05, 4.69) is 0 Å². The highest BCUT2D eigenvalue weighted by atomic mass is 16.6. The fraction of sp³-hybridized carbons (Fsp3) is 0.235. The molecule has 2 rings (SSSR count). The van der Waals surface area contributed by atoms with Gasteiger partial charge in [0.2, 0.25) is 0 Å². The van der Waals surface area contributed by atoms with Crippen LogP contribution in [-0.2, 0) is 6.42 Å². The van der Waals surface area contributed by atoms with Crippen LogP contribution in [-0.4, -0.2) is 33.7 Å². The Bertz CT molecular complexity index is 775. The Kier molecular flexibility index (Phi) is 5.43. The highest BCUT2D eigenvalue weighted by molar-refractivity contribution is 5.95. The molecule has 25 heavy (non-hydrogen) atoms. The molecule has 1 unspecified atom stereocenters. The van der Waals surface area contributed by atoms with Crippen LogP contribution in [0.5, 0.6) is 0 Å². The van der Waals surface area contributed by atoms with Gasteiger partial charge in [-0.1, -0.05) is 30.3 Å². The number of hydrogen-bond donors (Lipinski definition) is 0. The summed E-state index contributed by atoms with van der Waals surface area (Å²) in [4.78, 5) is 34.4. The van der Waals surface area contributed by atoms with Gasteiger partial charge in [-0.15, -0.1) is 0 Å². The summed E-state index contributed by atoms with van der Waals surface area (Å²) in [7, 11) is 1.57. The van der Waals surface area contributed by atoms with Crippen molar-refractivity contribution in [3.05, 3.63) is 79.9 Å². The lowest BCUT2D eigenvalue weighted by atomic mass is 10.1. The first-order valence-corrected chi connectivity index (χ1v) is 7.54. The number of carbonyl (C=O) groups excluding carboxylic acids is 1. The number of hydrogen-bond acceptors (Lipinski definition) is 5. The monoisotopic (exact) mass is 343 g/mol. The number of nitrogens with zero attached hydrogens (tertiary/aromatic N) is 3. The Hall–Kier alpha value is -3.29. The van der Waals surface area contributed by atoms with E-state index in [-0.39, 0.29) is 11.6 Å². The smallest absolute Gasteiger partial charge is 0.277 e. The molecule has 0 saturated carbocycles. The van der Waals surface area contributed by atoms with Crippen LogP contribution in [0, 0.1) is 20.2 Å². The molecule has 1 atom stereocenters. The van der Waals surface area contributed by atoms with Crippen LogP contribution >= 0.6 is 0 Å². The summed E-state index contributed by atoms with van der Waals surface area (Å²) in [6.07, 6.45) is 0.597. The summed E-state index contributed by atoms with van der Waals surface area (Å²) >= 11 is 0. The number of benzene rings is 2. The van der Waals surface area contributed by atoms with Crippen molar-refractivity contribution < 1.29 is 14.6 Å². The van der Waals surface area contributed by atoms with Crippen molar-refractivity contribution in [1.82, 2.24) is 4.90 Å². The molecule has 2 aromatic carbocycles. The van der Waals surface area contributed by atoms with Crippen molar-refractivity contribution in [3.63, 3.8) is 0 Å². The molecule has 0 heterocycles. The molecule has 0 fully saturated rings. The molecule has 0 spiro atoms. The average Bonchev–Trinajstić information content (AvgIpc) is 2.60. The zero-order valence-electron chi connectivity index (χ0n) is 13.8. The Balaban J connectivity index is 2.26. The normalized spacial score (nSPS) is 11.6. The van der Waals surface area contributed by atoms with Crippen molar-refractivity contribution in [2.45, 2.75) is 19.4 Å². The van der Waals surface area contributed by atoms with E-state index in [1.54, 1.807) is 7.05 Å². The average molecular weight is 343 g/mol. The molecule has 0 N–H and O–H groups in total. The molecule has 130 valence electrons. The number of nitro groups is 2. The second kappa shape index (κ2) is 7.52. The molecule has 8 nitrogen and oxygen atoms in total. The number of amides is 1. The Morgan fingerprint density at radius 1 is 1.04 bits per heavy atom. The second-order valence-electron chi connectivity index (χ2n) is 5.71. The van der Waals surface area contributed by atoms with Gasteiger partial charge in [0.15, 0.2) is 0 Å². The van der Waals surface area contributed by atoms with Crippen molar-refractivity contribution in [2.24, 2.45) is 0 Å². The molecule has 2 aromatic rings. The summed E-state index contributed by atoms with van der Waals surface area (Å²) in [6, 6.07) is 12.3. The highest BCUT2D eigenvalue weighted by Gasteiger charge is 2.24. The molecule has 0 saturated heterocycles. The van der Waals surface area contributed by atoms with Gasteiger partial charge < -0.3 is 4.90 Å². The van der Waals surface area contributed by atoms with E-state index in [0.29, 0.717) is 6.42 Å². The summed E-state index contributed by atoms with van der Waals surface area (Å²) in [5, 5.41) is 21.9. The molecule has 8 heteroatoms. The fourth-order valence-electron chi connectivity index (χ4n) is 2.43. The van der Waals surface area contributed by atoms with Crippen LogP contribution in [0.4, 0.5) is 11.4 Å². The molecule has 0 aliphatic heterocycles. The van der Waals surface area contributed by atoms with Crippen LogP contribution in [0.15, 0.2) is 48.5 Å². The minimum absolute atomic E-state index is 0.0803. The van der Waals surface area contributed by atoms with Gasteiger partial charge in [-0.05, 0) is 18.9 Å². The van der Waals surface area contributed by atoms with E-state index in [0.717, 1.165) is 23.8 Å². The molecule has 0 aromatic heterocycles. The fourth-order valence-corrected chi connectivity index (χ4v) is 2.43. The first kappa shape index (κ1) is 18.1. The van der Waals surface area contributed by atoms with Crippen LogP contribution in [0.25, 0.3) is 0 Å². The zero-order chi connectivity index (χ0) is 18.6. The lowest BCUT2D eigenvalue weighted by Gasteiger charge is -2.25. The standard InChI is InChI=1S/C17H17N3O5/c1-12(8-13-6-4-3-5-7-13)18(2)17(21)14-9-15(19(22)23)11-16(10-14)20(24)25/h3-7,9-12H,8H2,1-2H3. The van der Waals surface area contributed by atoms with E-state index in [4.69, 9.17) is 0 Å². The summed E-state index contributed by atoms with van der Waals surface area (Å²) < 4.78 is 0. The molecule has 0 aliphatic rings. The van der Waals surface area contributed by atoms with E-state index in [1.165, 1.54) is 4.90 Å². The second-order valence-corrected chi connectivity index (χ2v) is 5.71. The molecular formula is C17H17N3O5. The minimum Gasteiger partial charge on any atom is -0.339 e. The maximum absolute atomic E-state index is 12.6.